The molecule has 6 nitrogen and oxygen atoms in total. The number of aryl methyl sites for hydroxylation is 1. The third kappa shape index (κ3) is 4.74. The molecule has 1 aliphatic rings. The van der Waals surface area contributed by atoms with Gasteiger partial charge in [0.2, 0.25) is 0 Å². The van der Waals surface area contributed by atoms with E-state index in [0.717, 1.165) is 33.3 Å². The van der Waals surface area contributed by atoms with Crippen LogP contribution in [0.25, 0.3) is 17.0 Å². The number of aromatic nitrogens is 1. The Kier molecular flexibility index (Phi) is 6.21. The average molecular weight is 483 g/mol. The highest BCUT2D eigenvalue weighted by atomic mass is 35.5. The number of carbonyl (C=O) groups is 1. The molecule has 1 unspecified atom stereocenters. The lowest BCUT2D eigenvalue weighted by atomic mass is 10.1. The van der Waals surface area contributed by atoms with Gasteiger partial charge in [-0.3, -0.25) is 4.79 Å². The molecular formula is C28H23ClN4O2. The van der Waals surface area contributed by atoms with Gasteiger partial charge in [0.05, 0.1) is 18.8 Å². The Labute approximate surface area is 208 Å². The lowest BCUT2D eigenvalue weighted by Crippen LogP contribution is -2.25. The van der Waals surface area contributed by atoms with Crippen molar-refractivity contribution in [2.24, 2.45) is 5.10 Å². The van der Waals surface area contributed by atoms with Crippen LogP contribution in [0.1, 0.15) is 28.4 Å². The molecule has 1 amide bonds. The van der Waals surface area contributed by atoms with Gasteiger partial charge < -0.3 is 10.1 Å². The van der Waals surface area contributed by atoms with Gasteiger partial charge in [-0.25, -0.2) is 9.99 Å². The molecular weight excluding hydrogens is 460 g/mol. The number of ether oxygens (including phenoxy) is 1. The number of rotatable bonds is 5. The number of amides is 1. The molecule has 3 aromatic carbocycles. The van der Waals surface area contributed by atoms with Crippen LogP contribution in [0.2, 0.25) is 5.15 Å². The zero-order valence-corrected chi connectivity index (χ0v) is 20.0. The van der Waals surface area contributed by atoms with E-state index in [2.05, 4.69) is 15.4 Å². The van der Waals surface area contributed by atoms with Crippen LogP contribution in [-0.4, -0.2) is 29.2 Å². The minimum absolute atomic E-state index is 0.244. The second-order valence-electron chi connectivity index (χ2n) is 8.25. The van der Waals surface area contributed by atoms with Crippen LogP contribution >= 0.6 is 11.6 Å². The minimum Gasteiger partial charge on any atom is -0.497 e. The number of carbonyl (C=O) groups excluding carboxylic acids is 1. The van der Waals surface area contributed by atoms with Crippen molar-refractivity contribution in [2.75, 3.05) is 7.11 Å². The standard InChI is InChI=1S/C28H23ClN4O2/c1-18-8-13-24-21(14-18)16-22(26(29)31-24)17-30-33-27(20-6-4-3-5-7-20)32-25(28(33)34)15-19-9-11-23(35-2)12-10-19/h3-17,27,32H,1-2H3/b25-15-,30-17+. The Morgan fingerprint density at radius 2 is 1.83 bits per heavy atom. The van der Waals surface area contributed by atoms with Crippen molar-refractivity contribution in [3.63, 3.8) is 0 Å². The van der Waals surface area contributed by atoms with Gasteiger partial charge in [0, 0.05) is 10.9 Å². The van der Waals surface area contributed by atoms with Gasteiger partial charge in [-0.15, -0.1) is 0 Å². The Bertz CT molecular complexity index is 1450. The van der Waals surface area contributed by atoms with E-state index in [1.807, 2.05) is 85.8 Å². The lowest BCUT2D eigenvalue weighted by Gasteiger charge is -2.19. The molecule has 4 aromatic rings. The van der Waals surface area contributed by atoms with E-state index < -0.39 is 6.17 Å². The predicted molar refractivity (Wildman–Crippen MR) is 139 cm³/mol. The smallest absolute Gasteiger partial charge is 0.292 e. The van der Waals surface area contributed by atoms with Gasteiger partial charge in [-0.1, -0.05) is 65.7 Å². The third-order valence-corrected chi connectivity index (χ3v) is 6.09. The van der Waals surface area contributed by atoms with Crippen molar-refractivity contribution < 1.29 is 9.53 Å². The third-order valence-electron chi connectivity index (χ3n) is 5.79. The first kappa shape index (κ1) is 22.6. The van der Waals surface area contributed by atoms with Crippen molar-refractivity contribution >= 4 is 40.7 Å². The number of hydrazone groups is 1. The van der Waals surface area contributed by atoms with Crippen molar-refractivity contribution in [2.45, 2.75) is 13.1 Å². The van der Waals surface area contributed by atoms with Crippen LogP contribution in [0.4, 0.5) is 0 Å². The van der Waals surface area contributed by atoms with Crippen LogP contribution in [0, 0.1) is 6.92 Å². The Morgan fingerprint density at radius 3 is 2.57 bits per heavy atom. The number of benzene rings is 3. The monoisotopic (exact) mass is 482 g/mol. The summed E-state index contributed by atoms with van der Waals surface area (Å²) in [5, 5.41) is 10.6. The van der Waals surface area contributed by atoms with Crippen molar-refractivity contribution in [1.29, 1.82) is 0 Å². The normalized spacial score (nSPS) is 16.9. The summed E-state index contributed by atoms with van der Waals surface area (Å²) >= 11 is 6.44. The Balaban J connectivity index is 1.50. The summed E-state index contributed by atoms with van der Waals surface area (Å²) in [6, 6.07) is 25.1. The van der Waals surface area contributed by atoms with Crippen LogP contribution in [-0.2, 0) is 4.79 Å². The van der Waals surface area contributed by atoms with E-state index in [9.17, 15) is 4.79 Å². The molecule has 1 fully saturated rings. The van der Waals surface area contributed by atoms with Gasteiger partial charge >= 0.3 is 0 Å². The summed E-state index contributed by atoms with van der Waals surface area (Å²) < 4.78 is 5.22. The second kappa shape index (κ2) is 9.60. The van der Waals surface area contributed by atoms with Crippen LogP contribution in [0.5, 0.6) is 5.75 Å². The lowest BCUT2D eigenvalue weighted by molar-refractivity contribution is -0.126. The first-order chi connectivity index (χ1) is 17.0. The Hall–Kier alpha value is -4.16. The summed E-state index contributed by atoms with van der Waals surface area (Å²) in [6.45, 7) is 2.03. The maximum absolute atomic E-state index is 13.4. The molecule has 7 heteroatoms. The van der Waals surface area contributed by atoms with Gasteiger partial charge in [0.1, 0.15) is 16.6 Å². The summed E-state index contributed by atoms with van der Waals surface area (Å²) in [4.78, 5) is 17.9. The first-order valence-electron chi connectivity index (χ1n) is 11.1. The topological polar surface area (TPSA) is 66.8 Å². The second-order valence-corrected chi connectivity index (χ2v) is 8.61. The van der Waals surface area contributed by atoms with Crippen LogP contribution in [0.3, 0.4) is 0 Å². The molecule has 1 aliphatic heterocycles. The number of nitrogens with one attached hydrogen (secondary N) is 1. The molecule has 1 aromatic heterocycles. The molecule has 0 radical (unpaired) electrons. The molecule has 0 bridgehead atoms. The molecule has 0 spiro atoms. The van der Waals surface area contributed by atoms with E-state index in [4.69, 9.17) is 16.3 Å². The molecule has 1 atom stereocenters. The highest BCUT2D eigenvalue weighted by Gasteiger charge is 2.35. The summed E-state index contributed by atoms with van der Waals surface area (Å²) in [5.74, 6) is 0.508. The predicted octanol–water partition coefficient (Wildman–Crippen LogP) is 5.71. The van der Waals surface area contributed by atoms with E-state index in [0.29, 0.717) is 16.4 Å². The number of methoxy groups -OCH3 is 1. The highest BCUT2D eigenvalue weighted by molar-refractivity contribution is 6.32. The molecule has 35 heavy (non-hydrogen) atoms. The summed E-state index contributed by atoms with van der Waals surface area (Å²) in [5.41, 5.74) is 4.80. The van der Waals surface area contributed by atoms with Crippen molar-refractivity contribution in [3.05, 3.63) is 112 Å². The number of nitrogens with zero attached hydrogens (tertiary/aromatic N) is 3. The van der Waals surface area contributed by atoms with Gasteiger partial charge in [0.15, 0.2) is 6.17 Å². The molecule has 174 valence electrons. The number of hydrogen-bond donors (Lipinski definition) is 1. The zero-order valence-electron chi connectivity index (χ0n) is 19.3. The maximum Gasteiger partial charge on any atom is 0.292 e. The van der Waals surface area contributed by atoms with Gasteiger partial charge in [-0.05, 0) is 54.5 Å². The molecule has 1 N–H and O–H groups in total. The molecule has 5 rings (SSSR count). The fourth-order valence-electron chi connectivity index (χ4n) is 3.96. The van der Waals surface area contributed by atoms with Crippen LogP contribution in [0.15, 0.2) is 89.7 Å². The fraction of sp³-hybridized carbons (Fsp3) is 0.107. The van der Waals surface area contributed by atoms with E-state index in [1.165, 1.54) is 5.01 Å². The first-order valence-corrected chi connectivity index (χ1v) is 11.5. The van der Waals surface area contributed by atoms with Gasteiger partial charge in [-0.2, -0.15) is 5.10 Å². The number of halogens is 1. The number of hydrogen-bond acceptors (Lipinski definition) is 5. The SMILES string of the molecule is COc1ccc(/C=C2\NC(c3ccccc3)N(/N=C/c3cc4cc(C)ccc4nc3Cl)C2=O)cc1. The van der Waals surface area contributed by atoms with Crippen molar-refractivity contribution in [1.82, 2.24) is 15.3 Å². The summed E-state index contributed by atoms with van der Waals surface area (Å²) in [6.07, 6.45) is 2.93. The minimum atomic E-state index is -0.459. The van der Waals surface area contributed by atoms with E-state index in [1.54, 1.807) is 19.4 Å². The molecule has 0 saturated carbocycles. The van der Waals surface area contributed by atoms with E-state index >= 15 is 0 Å². The van der Waals surface area contributed by atoms with Crippen LogP contribution < -0.4 is 10.1 Å². The maximum atomic E-state index is 13.4. The zero-order chi connectivity index (χ0) is 24.4. The number of fused-ring (bicyclic) bond motifs is 1. The number of pyridine rings is 1. The molecule has 2 heterocycles. The molecule has 1 saturated heterocycles. The fourth-order valence-corrected chi connectivity index (χ4v) is 4.16. The quantitative estimate of drug-likeness (QED) is 0.225. The van der Waals surface area contributed by atoms with Gasteiger partial charge in [0.25, 0.3) is 5.91 Å². The largest absolute Gasteiger partial charge is 0.497 e. The summed E-state index contributed by atoms with van der Waals surface area (Å²) in [7, 11) is 1.62. The highest BCUT2D eigenvalue weighted by Crippen LogP contribution is 2.29. The van der Waals surface area contributed by atoms with E-state index in [-0.39, 0.29) is 5.91 Å². The Morgan fingerprint density at radius 1 is 1.06 bits per heavy atom. The average Bonchev–Trinajstić information content (AvgIpc) is 3.18. The molecule has 0 aliphatic carbocycles. The van der Waals surface area contributed by atoms with Crippen molar-refractivity contribution in [3.8, 4) is 5.75 Å².